The SMILES string of the molecule is CCCCc1ccc2nc(NC(=S)NC(=O)c3cccc(OCC)c3)sc2c1. The van der Waals surface area contributed by atoms with E-state index in [1.54, 1.807) is 18.2 Å². The zero-order chi connectivity index (χ0) is 19.9. The van der Waals surface area contributed by atoms with Crippen molar-refractivity contribution in [3.05, 3.63) is 53.6 Å². The van der Waals surface area contributed by atoms with Crippen LogP contribution in [-0.4, -0.2) is 22.6 Å². The van der Waals surface area contributed by atoms with E-state index >= 15 is 0 Å². The molecule has 3 aromatic rings. The molecule has 0 radical (unpaired) electrons. The van der Waals surface area contributed by atoms with Crippen LogP contribution in [0.1, 0.15) is 42.6 Å². The van der Waals surface area contributed by atoms with Crippen molar-refractivity contribution in [2.75, 3.05) is 11.9 Å². The first-order valence-corrected chi connectivity index (χ1v) is 10.6. The lowest BCUT2D eigenvalue weighted by molar-refractivity contribution is 0.0977. The van der Waals surface area contributed by atoms with Crippen LogP contribution in [0.15, 0.2) is 42.5 Å². The fourth-order valence-corrected chi connectivity index (χ4v) is 3.94. The number of thiocarbonyl (C=S) groups is 1. The molecule has 146 valence electrons. The van der Waals surface area contributed by atoms with Gasteiger partial charge in [0.25, 0.3) is 5.91 Å². The third-order valence-corrected chi connectivity index (χ3v) is 5.26. The summed E-state index contributed by atoms with van der Waals surface area (Å²) >= 11 is 6.80. The molecule has 3 rings (SSSR count). The summed E-state index contributed by atoms with van der Waals surface area (Å²) in [5, 5.41) is 6.58. The maximum absolute atomic E-state index is 12.4. The molecule has 2 aromatic carbocycles. The van der Waals surface area contributed by atoms with Gasteiger partial charge in [0.1, 0.15) is 5.75 Å². The number of ether oxygens (including phenoxy) is 1. The van der Waals surface area contributed by atoms with Gasteiger partial charge in [-0.05, 0) is 67.9 Å². The highest BCUT2D eigenvalue weighted by Gasteiger charge is 2.11. The molecular weight excluding hydrogens is 390 g/mol. The van der Waals surface area contributed by atoms with Crippen LogP contribution in [0.3, 0.4) is 0 Å². The third-order valence-electron chi connectivity index (χ3n) is 4.13. The molecule has 1 aromatic heterocycles. The zero-order valence-corrected chi connectivity index (χ0v) is 17.6. The molecule has 7 heteroatoms. The molecule has 0 fully saturated rings. The van der Waals surface area contributed by atoms with Crippen molar-refractivity contribution in [3.63, 3.8) is 0 Å². The molecule has 1 heterocycles. The Hall–Kier alpha value is -2.51. The number of thiazole rings is 1. The van der Waals surface area contributed by atoms with Gasteiger partial charge in [0.15, 0.2) is 10.2 Å². The number of nitrogens with one attached hydrogen (secondary N) is 2. The number of anilines is 1. The standard InChI is InChI=1S/C21H23N3O2S2/c1-3-5-7-14-10-11-17-18(12-14)28-21(22-17)24-20(27)23-19(25)15-8-6-9-16(13-15)26-4-2/h6,8-13H,3-5,7H2,1-2H3,(H2,22,23,24,25,27). The van der Waals surface area contributed by atoms with Crippen molar-refractivity contribution in [1.82, 2.24) is 10.3 Å². The predicted molar refractivity (Wildman–Crippen MR) is 120 cm³/mol. The average Bonchev–Trinajstić information content (AvgIpc) is 3.08. The van der Waals surface area contributed by atoms with Gasteiger partial charge in [0, 0.05) is 5.56 Å². The highest BCUT2D eigenvalue weighted by molar-refractivity contribution is 7.80. The second-order valence-electron chi connectivity index (χ2n) is 6.29. The van der Waals surface area contributed by atoms with Crippen molar-refractivity contribution in [3.8, 4) is 5.75 Å². The van der Waals surface area contributed by atoms with E-state index in [-0.39, 0.29) is 11.0 Å². The molecule has 0 bridgehead atoms. The van der Waals surface area contributed by atoms with Crippen LogP contribution in [0, 0.1) is 0 Å². The third kappa shape index (κ3) is 5.27. The number of benzene rings is 2. The van der Waals surface area contributed by atoms with Crippen molar-refractivity contribution >= 4 is 49.9 Å². The van der Waals surface area contributed by atoms with Gasteiger partial charge < -0.3 is 10.1 Å². The van der Waals surface area contributed by atoms with E-state index in [0.29, 0.717) is 23.1 Å². The molecule has 0 saturated heterocycles. The van der Waals surface area contributed by atoms with Gasteiger partial charge >= 0.3 is 0 Å². The molecule has 28 heavy (non-hydrogen) atoms. The lowest BCUT2D eigenvalue weighted by atomic mass is 10.1. The summed E-state index contributed by atoms with van der Waals surface area (Å²) in [6.45, 7) is 4.63. The molecule has 5 nitrogen and oxygen atoms in total. The number of carbonyl (C=O) groups is 1. The molecule has 2 N–H and O–H groups in total. The fraction of sp³-hybridized carbons (Fsp3) is 0.286. The largest absolute Gasteiger partial charge is 0.494 e. The number of carbonyl (C=O) groups excluding carboxylic acids is 1. The maximum Gasteiger partial charge on any atom is 0.257 e. The van der Waals surface area contributed by atoms with Gasteiger partial charge in [-0.25, -0.2) is 4.98 Å². The molecule has 0 spiro atoms. The second kappa shape index (κ2) is 9.61. The van der Waals surface area contributed by atoms with Gasteiger partial charge in [-0.15, -0.1) is 0 Å². The number of aromatic nitrogens is 1. The first-order valence-electron chi connectivity index (χ1n) is 9.33. The highest BCUT2D eigenvalue weighted by atomic mass is 32.1. The van der Waals surface area contributed by atoms with Crippen LogP contribution in [0.4, 0.5) is 5.13 Å². The molecule has 0 aliphatic carbocycles. The second-order valence-corrected chi connectivity index (χ2v) is 7.73. The van der Waals surface area contributed by atoms with Gasteiger partial charge in [-0.1, -0.05) is 36.8 Å². The molecule has 0 aliphatic rings. The number of hydrogen-bond donors (Lipinski definition) is 2. The van der Waals surface area contributed by atoms with Crippen molar-refractivity contribution in [1.29, 1.82) is 0 Å². The predicted octanol–water partition coefficient (Wildman–Crippen LogP) is 5.16. The Kier molecular flexibility index (Phi) is 6.95. The number of nitrogens with zero attached hydrogens (tertiary/aromatic N) is 1. The number of aryl methyl sites for hydroxylation is 1. The topological polar surface area (TPSA) is 63.2 Å². The van der Waals surface area contributed by atoms with Crippen molar-refractivity contribution in [2.24, 2.45) is 0 Å². The van der Waals surface area contributed by atoms with Gasteiger partial charge in [0.2, 0.25) is 0 Å². The molecule has 0 saturated carbocycles. The first-order chi connectivity index (χ1) is 13.6. The van der Waals surface area contributed by atoms with Crippen LogP contribution in [0.5, 0.6) is 5.75 Å². The van der Waals surface area contributed by atoms with Crippen LogP contribution < -0.4 is 15.4 Å². The van der Waals surface area contributed by atoms with E-state index in [0.717, 1.165) is 16.6 Å². The summed E-state index contributed by atoms with van der Waals surface area (Å²) < 4.78 is 6.53. The molecular formula is C21H23N3O2S2. The summed E-state index contributed by atoms with van der Waals surface area (Å²) in [4.78, 5) is 16.9. The summed E-state index contributed by atoms with van der Waals surface area (Å²) in [5.74, 6) is 0.362. The van der Waals surface area contributed by atoms with Crippen molar-refractivity contribution < 1.29 is 9.53 Å². The van der Waals surface area contributed by atoms with Crippen LogP contribution in [0.2, 0.25) is 0 Å². The van der Waals surface area contributed by atoms with Crippen LogP contribution in [-0.2, 0) is 6.42 Å². The monoisotopic (exact) mass is 413 g/mol. The fourth-order valence-electron chi connectivity index (χ4n) is 2.76. The average molecular weight is 414 g/mol. The van der Waals surface area contributed by atoms with E-state index in [2.05, 4.69) is 34.7 Å². The Morgan fingerprint density at radius 1 is 1.21 bits per heavy atom. The molecule has 0 unspecified atom stereocenters. The van der Waals surface area contributed by atoms with E-state index in [1.165, 1.54) is 29.7 Å². The summed E-state index contributed by atoms with van der Waals surface area (Å²) in [5.41, 5.74) is 2.72. The Bertz CT molecular complexity index is 985. The van der Waals surface area contributed by atoms with E-state index in [1.807, 2.05) is 19.1 Å². The van der Waals surface area contributed by atoms with Crippen LogP contribution in [0.25, 0.3) is 10.2 Å². The lowest BCUT2D eigenvalue weighted by Gasteiger charge is -2.08. The number of amides is 1. The van der Waals surface area contributed by atoms with E-state index in [9.17, 15) is 4.79 Å². The van der Waals surface area contributed by atoms with Crippen LogP contribution >= 0.6 is 23.6 Å². The summed E-state index contributed by atoms with van der Waals surface area (Å²) in [7, 11) is 0. The Morgan fingerprint density at radius 3 is 2.86 bits per heavy atom. The number of fused-ring (bicyclic) bond motifs is 1. The Morgan fingerprint density at radius 2 is 2.07 bits per heavy atom. The lowest BCUT2D eigenvalue weighted by Crippen LogP contribution is -2.34. The van der Waals surface area contributed by atoms with E-state index in [4.69, 9.17) is 17.0 Å². The number of unbranched alkanes of at least 4 members (excludes halogenated alkanes) is 1. The highest BCUT2D eigenvalue weighted by Crippen LogP contribution is 2.27. The molecule has 0 aliphatic heterocycles. The summed E-state index contributed by atoms with van der Waals surface area (Å²) in [6.07, 6.45) is 3.42. The number of hydrogen-bond acceptors (Lipinski definition) is 5. The Labute approximate surface area is 174 Å². The normalized spacial score (nSPS) is 10.6. The molecule has 1 amide bonds. The quantitative estimate of drug-likeness (QED) is 0.524. The maximum atomic E-state index is 12.4. The van der Waals surface area contributed by atoms with E-state index < -0.39 is 0 Å². The Balaban J connectivity index is 1.64. The molecule has 0 atom stereocenters. The van der Waals surface area contributed by atoms with Crippen molar-refractivity contribution in [2.45, 2.75) is 33.1 Å². The number of rotatable bonds is 7. The van der Waals surface area contributed by atoms with Gasteiger partial charge in [-0.2, -0.15) is 0 Å². The minimum absolute atomic E-state index is 0.220. The summed E-state index contributed by atoms with van der Waals surface area (Å²) in [6, 6.07) is 13.3. The zero-order valence-electron chi connectivity index (χ0n) is 16.0. The first kappa shape index (κ1) is 20.2. The van der Waals surface area contributed by atoms with Gasteiger partial charge in [0.05, 0.1) is 16.8 Å². The minimum atomic E-state index is -0.290. The van der Waals surface area contributed by atoms with Gasteiger partial charge in [-0.3, -0.25) is 10.1 Å². The minimum Gasteiger partial charge on any atom is -0.494 e. The smallest absolute Gasteiger partial charge is 0.257 e.